The monoisotopic (exact) mass is 371 g/mol. The fourth-order valence-electron chi connectivity index (χ4n) is 2.58. The molecule has 0 fully saturated rings. The molecule has 8 heteroatoms. The molecule has 0 saturated carbocycles. The zero-order chi connectivity index (χ0) is 18.5. The quantitative estimate of drug-likeness (QED) is 0.377. The van der Waals surface area contributed by atoms with E-state index in [2.05, 4.69) is 4.99 Å². The average Bonchev–Trinajstić information content (AvgIpc) is 2.99. The van der Waals surface area contributed by atoms with E-state index in [0.717, 1.165) is 10.2 Å². The van der Waals surface area contributed by atoms with Crippen LogP contribution in [0.2, 0.25) is 0 Å². The number of thiazole rings is 1. The number of hydrogen-bond acceptors (Lipinski definition) is 5. The molecule has 0 N–H and O–H groups in total. The predicted octanol–water partition coefficient (Wildman–Crippen LogP) is 3.39. The Bertz CT molecular complexity index is 1020. The number of carbonyl (C=O) groups is 1. The summed E-state index contributed by atoms with van der Waals surface area (Å²) >= 11 is 1.37. The van der Waals surface area contributed by atoms with Crippen LogP contribution in [-0.2, 0) is 11.3 Å². The van der Waals surface area contributed by atoms with Gasteiger partial charge in [0.1, 0.15) is 5.56 Å². The third-order valence-corrected chi connectivity index (χ3v) is 4.84. The highest BCUT2D eigenvalue weighted by atomic mass is 32.1. The molecule has 0 aliphatic carbocycles. The molecule has 0 unspecified atom stereocenters. The number of nitro groups is 1. The van der Waals surface area contributed by atoms with Crippen molar-refractivity contribution in [2.45, 2.75) is 13.5 Å². The molecular weight excluding hydrogens is 354 g/mol. The highest BCUT2D eigenvalue weighted by Gasteiger charge is 2.19. The third kappa shape index (κ3) is 3.71. The Kier molecular flexibility index (Phi) is 5.55. The first-order valence-corrected chi connectivity index (χ1v) is 8.92. The van der Waals surface area contributed by atoms with Crippen LogP contribution in [0.3, 0.4) is 0 Å². The lowest BCUT2D eigenvalue weighted by Crippen LogP contribution is -2.20. The summed E-state index contributed by atoms with van der Waals surface area (Å²) in [4.78, 5) is 27.8. The van der Waals surface area contributed by atoms with Gasteiger partial charge in [0.05, 0.1) is 21.7 Å². The highest BCUT2D eigenvalue weighted by Crippen LogP contribution is 2.20. The van der Waals surface area contributed by atoms with Gasteiger partial charge in [0.25, 0.3) is 11.6 Å². The number of aromatic nitrogens is 1. The van der Waals surface area contributed by atoms with Crippen LogP contribution >= 0.6 is 11.3 Å². The van der Waals surface area contributed by atoms with Gasteiger partial charge < -0.3 is 9.30 Å². The lowest BCUT2D eigenvalue weighted by Gasteiger charge is -2.05. The summed E-state index contributed by atoms with van der Waals surface area (Å²) in [7, 11) is 0. The summed E-state index contributed by atoms with van der Waals surface area (Å²) in [6.07, 6.45) is 0. The van der Waals surface area contributed by atoms with E-state index in [4.69, 9.17) is 4.74 Å². The van der Waals surface area contributed by atoms with E-state index < -0.39 is 10.8 Å². The summed E-state index contributed by atoms with van der Waals surface area (Å²) in [5.41, 5.74) is 0.681. The first-order chi connectivity index (χ1) is 12.6. The Balaban J connectivity index is 2.08. The third-order valence-electron chi connectivity index (χ3n) is 3.78. The van der Waals surface area contributed by atoms with Gasteiger partial charge in [0.2, 0.25) is 0 Å². The smallest absolute Gasteiger partial charge is 0.286 e. The molecular formula is C18H17N3O4S. The van der Waals surface area contributed by atoms with Crippen molar-refractivity contribution < 1.29 is 14.5 Å². The summed E-state index contributed by atoms with van der Waals surface area (Å²) in [5, 5.41) is 11.2. The Morgan fingerprint density at radius 1 is 1.23 bits per heavy atom. The molecule has 0 aliphatic heterocycles. The minimum Gasteiger partial charge on any atom is -0.380 e. The van der Waals surface area contributed by atoms with E-state index in [-0.39, 0.29) is 11.3 Å². The number of carbonyl (C=O) groups excluding carboxylic acids is 1. The zero-order valence-electron chi connectivity index (χ0n) is 14.1. The Labute approximate surface area is 153 Å². The molecule has 2 aromatic carbocycles. The predicted molar refractivity (Wildman–Crippen MR) is 99.3 cm³/mol. The zero-order valence-corrected chi connectivity index (χ0v) is 14.9. The maximum atomic E-state index is 12.6. The van der Waals surface area contributed by atoms with Gasteiger partial charge in [-0.1, -0.05) is 35.6 Å². The normalized spacial score (nSPS) is 11.8. The van der Waals surface area contributed by atoms with E-state index in [1.54, 1.807) is 6.07 Å². The summed E-state index contributed by atoms with van der Waals surface area (Å²) in [5.74, 6) is -0.631. The summed E-state index contributed by atoms with van der Waals surface area (Å²) in [6.45, 7) is 3.55. The van der Waals surface area contributed by atoms with Crippen LogP contribution in [0.1, 0.15) is 17.3 Å². The molecule has 1 heterocycles. The largest absolute Gasteiger partial charge is 0.380 e. The fraction of sp³-hybridized carbons (Fsp3) is 0.222. The second-order valence-corrected chi connectivity index (χ2v) is 6.40. The molecule has 3 aromatic rings. The number of nitrogens with zero attached hydrogens (tertiary/aromatic N) is 3. The molecule has 0 aliphatic rings. The second-order valence-electron chi connectivity index (χ2n) is 5.39. The van der Waals surface area contributed by atoms with Crippen molar-refractivity contribution in [3.63, 3.8) is 0 Å². The number of fused-ring (bicyclic) bond motifs is 1. The van der Waals surface area contributed by atoms with Crippen molar-refractivity contribution in [1.29, 1.82) is 0 Å². The van der Waals surface area contributed by atoms with Crippen LogP contribution in [0.4, 0.5) is 5.69 Å². The molecule has 7 nitrogen and oxygen atoms in total. The Hall–Kier alpha value is -2.84. The molecule has 1 amide bonds. The molecule has 0 bridgehead atoms. The first-order valence-electron chi connectivity index (χ1n) is 8.10. The second kappa shape index (κ2) is 8.03. The number of benzene rings is 2. The number of amides is 1. The molecule has 3 rings (SSSR count). The molecule has 134 valence electrons. The molecule has 26 heavy (non-hydrogen) atoms. The standard InChI is InChI=1S/C18H17N3O4S/c1-2-25-12-11-20-15-9-5-6-10-16(15)26-18(20)19-17(22)13-7-3-4-8-14(13)21(23)24/h3-10H,2,11-12H2,1H3. The van der Waals surface area contributed by atoms with E-state index >= 15 is 0 Å². The van der Waals surface area contributed by atoms with Gasteiger partial charge in [-0.15, -0.1) is 0 Å². The van der Waals surface area contributed by atoms with Crippen molar-refractivity contribution in [1.82, 2.24) is 4.57 Å². The van der Waals surface area contributed by atoms with Crippen molar-refractivity contribution in [2.24, 2.45) is 4.99 Å². The molecule has 1 aromatic heterocycles. The molecule has 0 radical (unpaired) electrons. The van der Waals surface area contributed by atoms with Gasteiger partial charge in [-0.25, -0.2) is 0 Å². The number of rotatable bonds is 6. The minimum atomic E-state index is -0.631. The number of nitro benzene ring substituents is 1. The molecule has 0 saturated heterocycles. The van der Waals surface area contributed by atoms with E-state index in [1.165, 1.54) is 29.5 Å². The van der Waals surface area contributed by atoms with E-state index in [1.807, 2.05) is 35.8 Å². The van der Waals surface area contributed by atoms with Crippen LogP contribution in [-0.4, -0.2) is 28.6 Å². The minimum absolute atomic E-state index is 0.0219. The lowest BCUT2D eigenvalue weighted by molar-refractivity contribution is -0.385. The van der Waals surface area contributed by atoms with Gasteiger partial charge in [-0.2, -0.15) is 4.99 Å². The Morgan fingerprint density at radius 2 is 1.96 bits per heavy atom. The van der Waals surface area contributed by atoms with E-state index in [9.17, 15) is 14.9 Å². The van der Waals surface area contributed by atoms with Crippen molar-refractivity contribution >= 4 is 33.1 Å². The Morgan fingerprint density at radius 3 is 2.73 bits per heavy atom. The van der Waals surface area contributed by atoms with Gasteiger partial charge in [-0.05, 0) is 25.1 Å². The first kappa shape index (κ1) is 18.0. The molecule has 0 spiro atoms. The maximum absolute atomic E-state index is 12.6. The van der Waals surface area contributed by atoms with Crippen molar-refractivity contribution in [3.8, 4) is 0 Å². The van der Waals surface area contributed by atoms with Crippen LogP contribution in [0.25, 0.3) is 10.2 Å². The van der Waals surface area contributed by atoms with Crippen molar-refractivity contribution in [3.05, 3.63) is 69.0 Å². The fourth-order valence-corrected chi connectivity index (χ4v) is 3.64. The molecule has 0 atom stereocenters. The number of para-hydroxylation sites is 2. The summed E-state index contributed by atoms with van der Waals surface area (Å²) in [6, 6.07) is 13.6. The van der Waals surface area contributed by atoms with Gasteiger partial charge in [0.15, 0.2) is 4.80 Å². The van der Waals surface area contributed by atoms with Gasteiger partial charge >= 0.3 is 0 Å². The van der Waals surface area contributed by atoms with Crippen LogP contribution < -0.4 is 4.80 Å². The van der Waals surface area contributed by atoms with Crippen LogP contribution in [0.15, 0.2) is 53.5 Å². The van der Waals surface area contributed by atoms with Gasteiger partial charge in [-0.3, -0.25) is 14.9 Å². The van der Waals surface area contributed by atoms with Crippen molar-refractivity contribution in [2.75, 3.05) is 13.2 Å². The van der Waals surface area contributed by atoms with Gasteiger partial charge in [0, 0.05) is 19.2 Å². The topological polar surface area (TPSA) is 86.7 Å². The number of ether oxygens (including phenoxy) is 1. The number of hydrogen-bond donors (Lipinski definition) is 0. The summed E-state index contributed by atoms with van der Waals surface area (Å²) < 4.78 is 8.31. The average molecular weight is 371 g/mol. The maximum Gasteiger partial charge on any atom is 0.286 e. The lowest BCUT2D eigenvalue weighted by atomic mass is 10.2. The van der Waals surface area contributed by atoms with Crippen LogP contribution in [0.5, 0.6) is 0 Å². The highest BCUT2D eigenvalue weighted by molar-refractivity contribution is 7.16. The van der Waals surface area contributed by atoms with Crippen LogP contribution in [0, 0.1) is 10.1 Å². The van der Waals surface area contributed by atoms with E-state index in [0.29, 0.717) is 24.6 Å². The SMILES string of the molecule is CCOCCn1c(=NC(=O)c2ccccc2[N+](=O)[O-])sc2ccccc21.